The Bertz CT molecular complexity index is 654. The summed E-state index contributed by atoms with van der Waals surface area (Å²) in [5.41, 5.74) is 0.562. The molecule has 2 aromatic carbocycles. The molecule has 0 aliphatic carbocycles. The van der Waals surface area contributed by atoms with Crippen molar-refractivity contribution in [3.05, 3.63) is 64.7 Å². The summed E-state index contributed by atoms with van der Waals surface area (Å²) < 4.78 is 1.44. The van der Waals surface area contributed by atoms with E-state index in [0.717, 1.165) is 11.9 Å². The fraction of sp³-hybridized carbons (Fsp3) is 0.0714. The second-order valence-electron chi connectivity index (χ2n) is 4.06. The first kappa shape index (κ1) is 19.1. The minimum Gasteiger partial charge on any atom is -0.548 e. The number of nitro groups is 1. The van der Waals surface area contributed by atoms with Crippen LogP contribution in [-0.4, -0.2) is 17.4 Å². The number of nitro benzene ring substituents is 1. The van der Waals surface area contributed by atoms with Crippen molar-refractivity contribution in [1.82, 2.24) is 0 Å². The number of rotatable bonds is 6. The molecule has 0 fully saturated rings. The first-order valence-electron chi connectivity index (χ1n) is 6.02. The molecule has 0 aliphatic rings. The summed E-state index contributed by atoms with van der Waals surface area (Å²) in [6, 6.07) is 15.0. The van der Waals surface area contributed by atoms with Crippen LogP contribution in [0.5, 0.6) is 0 Å². The molecule has 0 aromatic heterocycles. The monoisotopic (exact) mass is 342 g/mol. The molecule has 0 aliphatic heterocycles. The molecule has 0 atom stereocenters. The Labute approximate surface area is 174 Å². The van der Waals surface area contributed by atoms with Crippen LogP contribution in [0.3, 0.4) is 0 Å². The third-order valence-corrected chi connectivity index (χ3v) is 3.69. The minimum atomic E-state index is -1.26. The van der Waals surface area contributed by atoms with Gasteiger partial charge in [0.25, 0.3) is 5.69 Å². The van der Waals surface area contributed by atoms with Crippen LogP contribution in [0.15, 0.2) is 59.5 Å². The number of anilines is 1. The maximum absolute atomic E-state index is 11.0. The zero-order valence-corrected chi connectivity index (χ0v) is 15.8. The molecule has 0 radical (unpaired) electrons. The zero-order valence-electron chi connectivity index (χ0n) is 11.8. The minimum absolute atomic E-state index is 0. The number of carboxylic acid groups (broad SMARTS) is 1. The van der Waals surface area contributed by atoms with Crippen molar-refractivity contribution in [1.29, 1.82) is 0 Å². The van der Waals surface area contributed by atoms with E-state index >= 15 is 0 Å². The smallest absolute Gasteiger partial charge is 0.548 e. The standard InChI is InChI=1S/C14H12N2O4S.K/c17-14(18)10-15(11-6-2-1-3-7-11)21-13-9-5-4-8-12(13)16(19)20;/h1-9H,10H2,(H,17,18);/q;+1/p-1. The van der Waals surface area contributed by atoms with Gasteiger partial charge in [-0.1, -0.05) is 30.3 Å². The Morgan fingerprint density at radius 3 is 2.27 bits per heavy atom. The molecule has 2 rings (SSSR count). The Hall–Kier alpha value is -0.904. The van der Waals surface area contributed by atoms with Gasteiger partial charge in [0.15, 0.2) is 0 Å². The van der Waals surface area contributed by atoms with Gasteiger partial charge in [0.05, 0.1) is 17.4 Å². The van der Waals surface area contributed by atoms with E-state index < -0.39 is 10.9 Å². The number of carboxylic acids is 1. The van der Waals surface area contributed by atoms with Crippen molar-refractivity contribution < 1.29 is 66.2 Å². The molecule has 0 N–H and O–H groups in total. The first-order chi connectivity index (χ1) is 10.1. The normalized spacial score (nSPS) is 9.64. The third-order valence-electron chi connectivity index (χ3n) is 2.59. The summed E-state index contributed by atoms with van der Waals surface area (Å²) >= 11 is 0.996. The third kappa shape index (κ3) is 5.38. The SMILES string of the molecule is O=C([O-])CN(Sc1ccccc1[N+](=O)[O-])c1ccccc1.[K+]. The van der Waals surface area contributed by atoms with Crippen molar-refractivity contribution in [3.63, 3.8) is 0 Å². The van der Waals surface area contributed by atoms with Gasteiger partial charge in [0.2, 0.25) is 0 Å². The van der Waals surface area contributed by atoms with Crippen molar-refractivity contribution in [2.45, 2.75) is 4.90 Å². The van der Waals surface area contributed by atoms with E-state index in [2.05, 4.69) is 0 Å². The number of hydrogen-bond donors (Lipinski definition) is 0. The topological polar surface area (TPSA) is 86.5 Å². The van der Waals surface area contributed by atoms with Gasteiger partial charge in [-0.25, -0.2) is 0 Å². The molecule has 108 valence electrons. The predicted octanol–water partition coefficient (Wildman–Crippen LogP) is -1.14. The average Bonchev–Trinajstić information content (AvgIpc) is 2.47. The van der Waals surface area contributed by atoms with Gasteiger partial charge < -0.3 is 14.2 Å². The maximum atomic E-state index is 11.0. The van der Waals surface area contributed by atoms with E-state index in [0.29, 0.717) is 10.6 Å². The number of para-hydroxylation sites is 2. The van der Waals surface area contributed by atoms with Gasteiger partial charge >= 0.3 is 51.4 Å². The molecular formula is C14H11KN2O4S. The van der Waals surface area contributed by atoms with Gasteiger partial charge in [-0.3, -0.25) is 10.1 Å². The van der Waals surface area contributed by atoms with Crippen LogP contribution in [0, 0.1) is 10.1 Å². The average molecular weight is 342 g/mol. The zero-order chi connectivity index (χ0) is 15.2. The fourth-order valence-corrected chi connectivity index (χ4v) is 2.70. The van der Waals surface area contributed by atoms with Crippen LogP contribution in [0.4, 0.5) is 11.4 Å². The number of aliphatic carboxylic acids is 1. The Morgan fingerprint density at radius 2 is 1.68 bits per heavy atom. The van der Waals surface area contributed by atoms with E-state index in [-0.39, 0.29) is 63.6 Å². The molecule has 6 nitrogen and oxygen atoms in total. The van der Waals surface area contributed by atoms with E-state index in [4.69, 9.17) is 0 Å². The molecule has 0 saturated heterocycles. The summed E-state index contributed by atoms with van der Waals surface area (Å²) in [6.45, 7) is -0.374. The van der Waals surface area contributed by atoms with Crippen LogP contribution in [0.2, 0.25) is 0 Å². The quantitative estimate of drug-likeness (QED) is 0.286. The van der Waals surface area contributed by atoms with Crippen LogP contribution in [0.1, 0.15) is 0 Å². The van der Waals surface area contributed by atoms with Gasteiger partial charge in [0, 0.05) is 11.8 Å². The Balaban J connectivity index is 0.00000242. The van der Waals surface area contributed by atoms with Crippen LogP contribution in [0.25, 0.3) is 0 Å². The summed E-state index contributed by atoms with van der Waals surface area (Å²) in [6.07, 6.45) is 0. The van der Waals surface area contributed by atoms with Gasteiger partial charge in [-0.05, 0) is 30.1 Å². The maximum Gasteiger partial charge on any atom is 1.00 e. The van der Waals surface area contributed by atoms with Crippen molar-refractivity contribution >= 4 is 29.3 Å². The number of nitrogens with zero attached hydrogens (tertiary/aromatic N) is 2. The first-order valence-corrected chi connectivity index (χ1v) is 6.79. The molecule has 0 saturated carbocycles. The van der Waals surface area contributed by atoms with E-state index in [1.54, 1.807) is 48.5 Å². The van der Waals surface area contributed by atoms with Gasteiger partial charge in [-0.2, -0.15) is 0 Å². The predicted molar refractivity (Wildman–Crippen MR) is 77.7 cm³/mol. The van der Waals surface area contributed by atoms with E-state index in [1.807, 2.05) is 0 Å². The van der Waals surface area contributed by atoms with E-state index in [1.165, 1.54) is 10.4 Å². The number of benzene rings is 2. The molecule has 0 unspecified atom stereocenters. The fourth-order valence-electron chi connectivity index (χ4n) is 1.69. The summed E-state index contributed by atoms with van der Waals surface area (Å²) in [5, 5.41) is 21.9. The molecule has 0 amide bonds. The molecule has 0 bridgehead atoms. The molecule has 8 heteroatoms. The Kier molecular flexibility index (Phi) is 8.08. The summed E-state index contributed by atoms with van der Waals surface area (Å²) in [4.78, 5) is 21.8. The second-order valence-corrected chi connectivity index (χ2v) is 5.12. The van der Waals surface area contributed by atoms with E-state index in [9.17, 15) is 20.0 Å². The van der Waals surface area contributed by atoms with Gasteiger partial charge in [-0.15, -0.1) is 0 Å². The number of carbonyl (C=O) groups excluding carboxylic acids is 1. The summed E-state index contributed by atoms with van der Waals surface area (Å²) in [7, 11) is 0. The number of carbonyl (C=O) groups is 1. The van der Waals surface area contributed by atoms with Crippen molar-refractivity contribution in [2.24, 2.45) is 0 Å². The summed E-state index contributed by atoms with van der Waals surface area (Å²) in [5.74, 6) is -1.26. The molecule has 0 heterocycles. The second kappa shape index (κ2) is 9.28. The molecule has 2 aromatic rings. The largest absolute Gasteiger partial charge is 1.00 e. The Morgan fingerprint density at radius 1 is 1.09 bits per heavy atom. The van der Waals surface area contributed by atoms with Gasteiger partial charge in [0.1, 0.15) is 4.90 Å². The number of hydrogen-bond acceptors (Lipinski definition) is 6. The van der Waals surface area contributed by atoms with Crippen LogP contribution < -0.4 is 60.8 Å². The molecular weight excluding hydrogens is 331 g/mol. The van der Waals surface area contributed by atoms with Crippen molar-refractivity contribution in [2.75, 3.05) is 10.8 Å². The molecule has 0 spiro atoms. The van der Waals surface area contributed by atoms with Crippen molar-refractivity contribution in [3.8, 4) is 0 Å². The van der Waals surface area contributed by atoms with Crippen LogP contribution in [-0.2, 0) is 4.79 Å². The van der Waals surface area contributed by atoms with Crippen LogP contribution >= 0.6 is 11.9 Å². The molecule has 22 heavy (non-hydrogen) atoms.